The minimum atomic E-state index is -3.42. The number of methoxy groups -OCH3 is 1. The lowest BCUT2D eigenvalue weighted by atomic mass is 10.4. The lowest BCUT2D eigenvalue weighted by Gasteiger charge is -2.04. The summed E-state index contributed by atoms with van der Waals surface area (Å²) >= 11 is 0. The van der Waals surface area contributed by atoms with Crippen molar-refractivity contribution in [2.45, 2.75) is 5.09 Å². The van der Waals surface area contributed by atoms with Crippen molar-refractivity contribution in [2.75, 3.05) is 39.6 Å². The van der Waals surface area contributed by atoms with Gasteiger partial charge in [-0.15, -0.1) is 0 Å². The normalized spacial score (nSPS) is 11.5. The molecule has 0 atom stereocenters. The number of carbonyl (C=O) groups excluding carboxylic acids is 1. The molecular formula is C11H18N2O5S. The smallest absolute Gasteiger partial charge is 0.287 e. The van der Waals surface area contributed by atoms with Crippen LogP contribution >= 0.6 is 0 Å². The van der Waals surface area contributed by atoms with E-state index in [1.54, 1.807) is 7.11 Å². The van der Waals surface area contributed by atoms with Gasteiger partial charge in [0.15, 0.2) is 5.76 Å². The van der Waals surface area contributed by atoms with Gasteiger partial charge in [-0.3, -0.25) is 4.79 Å². The average Bonchev–Trinajstić information content (AvgIpc) is 2.82. The van der Waals surface area contributed by atoms with Gasteiger partial charge in [-0.2, -0.15) is 0 Å². The Hall–Kier alpha value is -1.38. The first-order valence-electron chi connectivity index (χ1n) is 5.73. The summed E-state index contributed by atoms with van der Waals surface area (Å²) in [6.45, 7) is 2.31. The summed E-state index contributed by atoms with van der Waals surface area (Å²) in [5.74, 6) is -0.458. The molecule has 0 aromatic carbocycles. The quantitative estimate of drug-likeness (QED) is 0.635. The van der Waals surface area contributed by atoms with Crippen LogP contribution in [0.4, 0.5) is 0 Å². The fourth-order valence-corrected chi connectivity index (χ4v) is 1.85. The van der Waals surface area contributed by atoms with Gasteiger partial charge in [-0.1, -0.05) is 0 Å². The van der Waals surface area contributed by atoms with Crippen LogP contribution in [0.2, 0.25) is 0 Å². The highest BCUT2D eigenvalue weighted by molar-refractivity contribution is 7.90. The highest BCUT2D eigenvalue weighted by atomic mass is 32.2. The van der Waals surface area contributed by atoms with Gasteiger partial charge in [0.2, 0.25) is 14.9 Å². The molecule has 108 valence electrons. The molecule has 0 aliphatic rings. The maximum absolute atomic E-state index is 11.6. The maximum Gasteiger partial charge on any atom is 0.287 e. The van der Waals surface area contributed by atoms with Crippen molar-refractivity contribution in [2.24, 2.45) is 0 Å². The van der Waals surface area contributed by atoms with Gasteiger partial charge < -0.3 is 19.8 Å². The van der Waals surface area contributed by atoms with Gasteiger partial charge in [0, 0.05) is 33.0 Å². The Kier molecular flexibility index (Phi) is 6.00. The number of carbonyl (C=O) groups is 1. The Bertz CT molecular complexity index is 509. The van der Waals surface area contributed by atoms with E-state index < -0.39 is 15.7 Å². The Morgan fingerprint density at radius 1 is 1.32 bits per heavy atom. The Morgan fingerprint density at radius 3 is 2.63 bits per heavy atom. The zero-order valence-electron chi connectivity index (χ0n) is 10.9. The molecular weight excluding hydrogens is 272 g/mol. The summed E-state index contributed by atoms with van der Waals surface area (Å²) in [5, 5.41) is 5.45. The number of sulfone groups is 1. The molecule has 0 radical (unpaired) electrons. The van der Waals surface area contributed by atoms with Crippen molar-refractivity contribution in [1.82, 2.24) is 10.6 Å². The standard InChI is InChI=1S/C11H18N2O5S/c1-17-8-7-12-5-6-13-11(14)9-3-4-10(18-9)19(2,15)16/h3-4,12H,5-8H2,1-2H3,(H,13,14). The van der Waals surface area contributed by atoms with Crippen LogP contribution in [0.3, 0.4) is 0 Å². The number of ether oxygens (including phenoxy) is 1. The minimum Gasteiger partial charge on any atom is -0.440 e. The van der Waals surface area contributed by atoms with Gasteiger partial charge in [0.25, 0.3) is 5.91 Å². The van der Waals surface area contributed by atoms with Crippen molar-refractivity contribution >= 4 is 15.7 Å². The molecule has 2 N–H and O–H groups in total. The van der Waals surface area contributed by atoms with Crippen LogP contribution in [0.5, 0.6) is 0 Å². The van der Waals surface area contributed by atoms with E-state index in [9.17, 15) is 13.2 Å². The summed E-state index contributed by atoms with van der Waals surface area (Å²) in [6.07, 6.45) is 1.02. The highest BCUT2D eigenvalue weighted by Gasteiger charge is 2.16. The van der Waals surface area contributed by atoms with E-state index in [1.165, 1.54) is 12.1 Å². The van der Waals surface area contributed by atoms with Gasteiger partial charge in [-0.05, 0) is 12.1 Å². The number of furan rings is 1. The first-order chi connectivity index (χ1) is 8.95. The van der Waals surface area contributed by atoms with Crippen LogP contribution in [-0.2, 0) is 14.6 Å². The van der Waals surface area contributed by atoms with E-state index in [0.29, 0.717) is 26.2 Å². The molecule has 0 aliphatic carbocycles. The number of hydrogen-bond acceptors (Lipinski definition) is 6. The van der Waals surface area contributed by atoms with Crippen LogP contribution < -0.4 is 10.6 Å². The van der Waals surface area contributed by atoms with Crippen LogP contribution in [0, 0.1) is 0 Å². The summed E-state index contributed by atoms with van der Waals surface area (Å²) in [4.78, 5) is 11.6. The Balaban J connectivity index is 2.36. The van der Waals surface area contributed by atoms with Crippen LogP contribution in [0.1, 0.15) is 10.6 Å². The van der Waals surface area contributed by atoms with E-state index >= 15 is 0 Å². The lowest BCUT2D eigenvalue weighted by molar-refractivity contribution is 0.0920. The SMILES string of the molecule is COCCNCCNC(=O)c1ccc(S(C)(=O)=O)o1. The second-order valence-electron chi connectivity index (χ2n) is 3.89. The predicted octanol–water partition coefficient (Wildman–Crippen LogP) is -0.351. The highest BCUT2D eigenvalue weighted by Crippen LogP contribution is 2.13. The Morgan fingerprint density at radius 2 is 2.05 bits per heavy atom. The molecule has 0 unspecified atom stereocenters. The molecule has 0 bridgehead atoms. The molecule has 0 saturated heterocycles. The first-order valence-corrected chi connectivity index (χ1v) is 7.62. The minimum absolute atomic E-state index is 0.0164. The lowest BCUT2D eigenvalue weighted by Crippen LogP contribution is -2.32. The second-order valence-corrected chi connectivity index (χ2v) is 5.84. The summed E-state index contributed by atoms with van der Waals surface area (Å²) in [7, 11) is -1.81. The second kappa shape index (κ2) is 7.27. The molecule has 0 spiro atoms. The summed E-state index contributed by atoms with van der Waals surface area (Å²) in [5.41, 5.74) is 0. The summed E-state index contributed by atoms with van der Waals surface area (Å²) in [6, 6.07) is 2.60. The maximum atomic E-state index is 11.6. The number of hydrogen-bond donors (Lipinski definition) is 2. The van der Waals surface area contributed by atoms with Crippen molar-refractivity contribution < 1.29 is 22.4 Å². The zero-order valence-corrected chi connectivity index (χ0v) is 11.7. The van der Waals surface area contributed by atoms with Gasteiger partial charge in [0.05, 0.1) is 6.61 Å². The van der Waals surface area contributed by atoms with Crippen LogP contribution in [0.25, 0.3) is 0 Å². The molecule has 1 aromatic rings. The van der Waals surface area contributed by atoms with Crippen molar-refractivity contribution in [1.29, 1.82) is 0 Å². The largest absolute Gasteiger partial charge is 0.440 e. The molecule has 7 nitrogen and oxygen atoms in total. The number of amides is 1. The molecule has 0 aliphatic heterocycles. The monoisotopic (exact) mass is 290 g/mol. The third kappa shape index (κ3) is 5.41. The van der Waals surface area contributed by atoms with Crippen LogP contribution in [0.15, 0.2) is 21.6 Å². The molecule has 19 heavy (non-hydrogen) atoms. The van der Waals surface area contributed by atoms with Crippen LogP contribution in [-0.4, -0.2) is 53.9 Å². The molecule has 1 amide bonds. The number of rotatable bonds is 8. The molecule has 1 rings (SSSR count). The summed E-state index contributed by atoms with van der Waals surface area (Å²) < 4.78 is 32.2. The number of nitrogens with one attached hydrogen (secondary N) is 2. The van der Waals surface area contributed by atoms with Crippen molar-refractivity contribution in [3.8, 4) is 0 Å². The molecule has 1 heterocycles. The fourth-order valence-electron chi connectivity index (χ4n) is 1.29. The fraction of sp³-hybridized carbons (Fsp3) is 0.545. The van der Waals surface area contributed by atoms with E-state index in [-0.39, 0.29) is 10.9 Å². The van der Waals surface area contributed by atoms with Crippen molar-refractivity contribution in [3.63, 3.8) is 0 Å². The zero-order chi connectivity index (χ0) is 14.3. The van der Waals surface area contributed by atoms with E-state index in [4.69, 9.17) is 9.15 Å². The van der Waals surface area contributed by atoms with E-state index in [1.807, 2.05) is 0 Å². The average molecular weight is 290 g/mol. The molecule has 0 saturated carbocycles. The first kappa shape index (κ1) is 15.7. The van der Waals surface area contributed by atoms with E-state index in [2.05, 4.69) is 10.6 Å². The van der Waals surface area contributed by atoms with Crippen molar-refractivity contribution in [3.05, 3.63) is 17.9 Å². The molecule has 0 fully saturated rings. The molecule has 1 aromatic heterocycles. The predicted molar refractivity (Wildman–Crippen MR) is 68.9 cm³/mol. The van der Waals surface area contributed by atoms with Gasteiger partial charge in [0.1, 0.15) is 0 Å². The third-order valence-electron chi connectivity index (χ3n) is 2.24. The Labute approximate surface area is 112 Å². The van der Waals surface area contributed by atoms with Gasteiger partial charge >= 0.3 is 0 Å². The van der Waals surface area contributed by atoms with Gasteiger partial charge in [-0.25, -0.2) is 8.42 Å². The van der Waals surface area contributed by atoms with E-state index in [0.717, 1.165) is 6.26 Å². The molecule has 8 heteroatoms. The topological polar surface area (TPSA) is 97.6 Å². The third-order valence-corrected chi connectivity index (χ3v) is 3.19.